The summed E-state index contributed by atoms with van der Waals surface area (Å²) in [4.78, 5) is 43.8. The molecular formula is C42H56N3O9PS. The molecule has 2 fully saturated rings. The van der Waals surface area contributed by atoms with E-state index >= 15 is 0 Å². The molecule has 12 nitrogen and oxygen atoms in total. The van der Waals surface area contributed by atoms with Crippen LogP contribution >= 0.6 is 7.60 Å². The maximum atomic E-state index is 14.7. The van der Waals surface area contributed by atoms with E-state index in [0.29, 0.717) is 44.0 Å². The largest absolute Gasteiger partial charge is 0.452 e. The summed E-state index contributed by atoms with van der Waals surface area (Å²) < 4.78 is 57.1. The van der Waals surface area contributed by atoms with Crippen LogP contribution in [-0.4, -0.2) is 73.6 Å². The molecule has 2 aliphatic rings. The van der Waals surface area contributed by atoms with Crippen molar-refractivity contribution < 1.29 is 41.2 Å². The van der Waals surface area contributed by atoms with Gasteiger partial charge in [0.25, 0.3) is 0 Å². The first-order valence-electron chi connectivity index (χ1n) is 19.8. The maximum Gasteiger partial charge on any atom is 0.452 e. The number of benzene rings is 3. The van der Waals surface area contributed by atoms with Gasteiger partial charge in [-0.3, -0.25) is 14.4 Å². The van der Waals surface area contributed by atoms with Gasteiger partial charge in [-0.05, 0) is 80.7 Å². The molecule has 0 radical (unpaired) electrons. The van der Waals surface area contributed by atoms with Crippen LogP contribution in [0.25, 0.3) is 0 Å². The Morgan fingerprint density at radius 2 is 1.45 bits per heavy atom. The number of nitrogens with one attached hydrogen (secondary N) is 2. The third kappa shape index (κ3) is 12.7. The molecule has 1 aliphatic carbocycles. The Balaban J connectivity index is 1.28. The lowest BCUT2D eigenvalue weighted by atomic mass is 9.84. The number of ether oxygens (including phenoxy) is 1. The zero-order valence-electron chi connectivity index (χ0n) is 32.4. The minimum absolute atomic E-state index is 0.0480. The van der Waals surface area contributed by atoms with Crippen molar-refractivity contribution in [3.8, 4) is 11.5 Å². The van der Waals surface area contributed by atoms with Crippen molar-refractivity contribution in [1.82, 2.24) is 15.5 Å². The van der Waals surface area contributed by atoms with Crippen LogP contribution in [0.2, 0.25) is 0 Å². The van der Waals surface area contributed by atoms with Crippen LogP contribution in [0.4, 0.5) is 0 Å². The average molecular weight is 810 g/mol. The number of unbranched alkanes of at least 4 members (excludes halogenated alkanes) is 2. The Bertz CT molecular complexity index is 1820. The fourth-order valence-electron chi connectivity index (χ4n) is 7.55. The van der Waals surface area contributed by atoms with Crippen LogP contribution in [-0.2, 0) is 40.1 Å². The highest BCUT2D eigenvalue weighted by Gasteiger charge is 2.50. The van der Waals surface area contributed by atoms with Gasteiger partial charge in [-0.25, -0.2) is 13.0 Å². The van der Waals surface area contributed by atoms with Gasteiger partial charge in [0, 0.05) is 25.3 Å². The third-order valence-corrected chi connectivity index (χ3v) is 13.6. The molecular weight excluding hydrogens is 754 g/mol. The summed E-state index contributed by atoms with van der Waals surface area (Å²) >= 11 is 0. The Morgan fingerprint density at radius 1 is 0.839 bits per heavy atom. The minimum atomic E-state index is -4.11. The van der Waals surface area contributed by atoms with Crippen LogP contribution in [0.3, 0.4) is 0 Å². The van der Waals surface area contributed by atoms with Gasteiger partial charge in [0.05, 0.1) is 12.4 Å². The number of sulfone groups is 1. The van der Waals surface area contributed by atoms with Crippen LogP contribution in [0.1, 0.15) is 83.1 Å². The second-order valence-electron chi connectivity index (χ2n) is 14.8. The van der Waals surface area contributed by atoms with E-state index in [-0.39, 0.29) is 42.9 Å². The number of amides is 3. The molecule has 3 aromatic carbocycles. The summed E-state index contributed by atoms with van der Waals surface area (Å²) in [6.45, 7) is 2.84. The van der Waals surface area contributed by atoms with Crippen molar-refractivity contribution >= 4 is 35.2 Å². The fourth-order valence-corrected chi connectivity index (χ4v) is 10.1. The first-order chi connectivity index (χ1) is 27.0. The number of nitrogens with zero attached hydrogens (tertiary/aromatic N) is 1. The summed E-state index contributed by atoms with van der Waals surface area (Å²) in [5, 5.41) is 5.77. The highest BCUT2D eigenvalue weighted by Crippen LogP contribution is 2.53. The molecule has 5 atom stereocenters. The monoisotopic (exact) mass is 809 g/mol. The van der Waals surface area contributed by atoms with Gasteiger partial charge in [-0.15, -0.1) is 0 Å². The van der Waals surface area contributed by atoms with Crippen molar-refractivity contribution in [1.29, 1.82) is 0 Å². The predicted octanol–water partition coefficient (Wildman–Crippen LogP) is 7.05. The molecule has 3 amide bonds. The van der Waals surface area contributed by atoms with E-state index in [1.807, 2.05) is 30.3 Å². The van der Waals surface area contributed by atoms with Crippen LogP contribution in [0, 0.1) is 5.92 Å². The van der Waals surface area contributed by atoms with Gasteiger partial charge in [0.15, 0.2) is 5.78 Å². The molecule has 0 spiro atoms. The normalized spacial score (nSPS) is 19.3. The number of carbonyl (C=O) groups excluding carboxylic acids is 3. The lowest BCUT2D eigenvalue weighted by molar-refractivity contribution is -0.144. The number of likely N-dealkylation sites (tertiary alicyclic amines) is 1. The molecule has 1 saturated heterocycles. The van der Waals surface area contributed by atoms with Crippen molar-refractivity contribution in [3.05, 3.63) is 96.6 Å². The van der Waals surface area contributed by atoms with Gasteiger partial charge in [0.1, 0.15) is 33.4 Å². The summed E-state index contributed by atoms with van der Waals surface area (Å²) in [5.74, 6) is -2.06. The molecule has 304 valence electrons. The first-order valence-corrected chi connectivity index (χ1v) is 23.4. The number of carbonyl (C=O) groups is 3. The summed E-state index contributed by atoms with van der Waals surface area (Å²) in [6, 6.07) is 24.8. The molecule has 1 aliphatic heterocycles. The van der Waals surface area contributed by atoms with Crippen LogP contribution in [0.15, 0.2) is 91.0 Å². The molecule has 3 aromatic rings. The number of hydrogen-bond donors (Lipinski definition) is 2. The summed E-state index contributed by atoms with van der Waals surface area (Å²) in [7, 11) is -7.59. The van der Waals surface area contributed by atoms with E-state index in [9.17, 15) is 27.4 Å². The van der Waals surface area contributed by atoms with Crippen LogP contribution in [0.5, 0.6) is 11.5 Å². The second-order valence-corrected chi connectivity index (χ2v) is 19.1. The smallest absolute Gasteiger partial charge is 0.415 e. The molecule has 0 aromatic heterocycles. The lowest BCUT2D eigenvalue weighted by Gasteiger charge is -2.36. The van der Waals surface area contributed by atoms with Gasteiger partial charge in [0.2, 0.25) is 17.7 Å². The molecule has 2 N–H and O–H groups in total. The highest BCUT2D eigenvalue weighted by molar-refractivity contribution is 7.90. The number of hydrogen-bond acceptors (Lipinski definition) is 9. The Morgan fingerprint density at radius 3 is 2.05 bits per heavy atom. The van der Waals surface area contributed by atoms with Gasteiger partial charge < -0.3 is 29.3 Å². The maximum absolute atomic E-state index is 14.7. The SMILES string of the molecule is CCC(NC(=O)[C@@H]1CC2CCCCC2N1C(=O)[C@H](CCS(C)(=O)=O)NC(=O)CCCCCOCc1ccccc1)P(=O)(Oc1ccccc1)Oc1ccccc1. The molecule has 0 bridgehead atoms. The van der Waals surface area contributed by atoms with Gasteiger partial charge in [-0.1, -0.05) is 92.9 Å². The Hall–Kier alpha value is -4.19. The Kier molecular flexibility index (Phi) is 16.0. The second kappa shape index (κ2) is 20.8. The van der Waals surface area contributed by atoms with Gasteiger partial charge >= 0.3 is 7.60 Å². The number of fused-ring (bicyclic) bond motifs is 1. The quantitative estimate of drug-likeness (QED) is 0.0851. The fraction of sp³-hybridized carbons (Fsp3) is 0.500. The average Bonchev–Trinajstić information content (AvgIpc) is 3.58. The van der Waals surface area contributed by atoms with E-state index < -0.39 is 47.1 Å². The lowest BCUT2D eigenvalue weighted by Crippen LogP contribution is -2.57. The van der Waals surface area contributed by atoms with E-state index in [2.05, 4.69) is 10.6 Å². The van der Waals surface area contributed by atoms with E-state index in [4.69, 9.17) is 13.8 Å². The molecule has 3 unspecified atom stereocenters. The van der Waals surface area contributed by atoms with Crippen molar-refractivity contribution in [2.24, 2.45) is 5.92 Å². The number of rotatable bonds is 21. The molecule has 1 heterocycles. The zero-order chi connectivity index (χ0) is 40.0. The third-order valence-electron chi connectivity index (χ3n) is 10.4. The van der Waals surface area contributed by atoms with Crippen molar-refractivity contribution in [3.63, 3.8) is 0 Å². The van der Waals surface area contributed by atoms with Gasteiger partial charge in [-0.2, -0.15) is 0 Å². The standard InChI is InChI=1S/C42H56N3O9PS/c1-3-40(55(49,53-34-21-10-5-11-22-34)54-35-23-12-6-13-24-35)44-41(47)38-30-33-20-15-16-25-37(33)45(38)42(48)36(27-29-56(2,50)51)43-39(46)26-14-7-17-28-52-31-32-18-8-4-9-19-32/h4-6,8-13,18-19,21-24,33,36-38,40H,3,7,14-17,20,25-31H2,1-2H3,(H,43,46)(H,44,47)/t33?,36-,37?,38-,40?/m0/s1. The molecule has 5 rings (SSSR count). The predicted molar refractivity (Wildman–Crippen MR) is 216 cm³/mol. The molecule has 1 saturated carbocycles. The number of para-hydroxylation sites is 2. The first kappa shape index (κ1) is 42.9. The van der Waals surface area contributed by atoms with Crippen molar-refractivity contribution in [2.45, 2.75) is 108 Å². The Labute approximate surface area is 331 Å². The molecule has 14 heteroatoms. The van der Waals surface area contributed by atoms with E-state index in [1.54, 1.807) is 72.5 Å². The minimum Gasteiger partial charge on any atom is -0.415 e. The van der Waals surface area contributed by atoms with E-state index in [0.717, 1.165) is 43.9 Å². The summed E-state index contributed by atoms with van der Waals surface area (Å²) in [6.07, 6.45) is 7.15. The summed E-state index contributed by atoms with van der Waals surface area (Å²) in [5.41, 5.74) is 1.09. The van der Waals surface area contributed by atoms with Crippen molar-refractivity contribution in [2.75, 3.05) is 18.6 Å². The topological polar surface area (TPSA) is 157 Å². The molecule has 56 heavy (non-hydrogen) atoms. The highest BCUT2D eigenvalue weighted by atomic mass is 32.2. The van der Waals surface area contributed by atoms with E-state index in [1.165, 1.54) is 0 Å². The van der Waals surface area contributed by atoms with Crippen LogP contribution < -0.4 is 19.7 Å². The zero-order valence-corrected chi connectivity index (χ0v) is 34.1.